The fourth-order valence-electron chi connectivity index (χ4n) is 4.25. The van der Waals surface area contributed by atoms with Crippen LogP contribution in [0.1, 0.15) is 24.1 Å². The first kappa shape index (κ1) is 20.9. The van der Waals surface area contributed by atoms with Crippen molar-refractivity contribution in [3.63, 3.8) is 0 Å². The van der Waals surface area contributed by atoms with E-state index in [-0.39, 0.29) is 11.3 Å². The number of primary sulfonamides is 1. The minimum absolute atomic E-state index is 0.199. The van der Waals surface area contributed by atoms with Gasteiger partial charge in [-0.05, 0) is 75.5 Å². The first-order chi connectivity index (χ1) is 14.1. The molecule has 160 valence electrons. The molecule has 1 aliphatic heterocycles. The Kier molecular flexibility index (Phi) is 5.37. The number of aryl methyl sites for hydroxylation is 1. The zero-order chi connectivity index (χ0) is 21.6. The molecule has 0 amide bonds. The van der Waals surface area contributed by atoms with Crippen LogP contribution in [0.25, 0.3) is 16.9 Å². The van der Waals surface area contributed by atoms with Crippen molar-refractivity contribution in [1.29, 1.82) is 0 Å². The Morgan fingerprint density at radius 1 is 1.23 bits per heavy atom. The standard InChI is InChI=1S/C21H24F2N4O2S/c1-13-5-7-27-18(9-14-4-3-6-26(2)12-14)21(25-19(27)8-13)20-16(22)10-15(11-17(20)23)30(24,28)29/h5,7-8,10-11,14H,3-4,6,9,12H2,1-2H3,(H2,24,28,29). The number of sulfonamides is 1. The number of rotatable bonds is 4. The van der Waals surface area contributed by atoms with E-state index in [2.05, 4.69) is 16.9 Å². The first-order valence-electron chi connectivity index (χ1n) is 9.82. The van der Waals surface area contributed by atoms with Crippen LogP contribution in [0, 0.1) is 24.5 Å². The molecule has 2 aromatic heterocycles. The van der Waals surface area contributed by atoms with Gasteiger partial charge < -0.3 is 9.30 Å². The van der Waals surface area contributed by atoms with E-state index in [0.717, 1.165) is 43.6 Å². The molecule has 1 fully saturated rings. The number of nitrogens with two attached hydrogens (primary N) is 1. The van der Waals surface area contributed by atoms with Crippen LogP contribution in [0.5, 0.6) is 0 Å². The average Bonchev–Trinajstić information content (AvgIpc) is 2.97. The van der Waals surface area contributed by atoms with Crippen LogP contribution in [0.3, 0.4) is 0 Å². The lowest BCUT2D eigenvalue weighted by molar-refractivity contribution is 0.208. The smallest absolute Gasteiger partial charge is 0.238 e. The third kappa shape index (κ3) is 3.97. The van der Waals surface area contributed by atoms with Crippen LogP contribution in [0.4, 0.5) is 8.78 Å². The third-order valence-electron chi connectivity index (χ3n) is 5.67. The van der Waals surface area contributed by atoms with E-state index in [0.29, 0.717) is 23.7 Å². The van der Waals surface area contributed by atoms with Gasteiger partial charge in [0, 0.05) is 12.7 Å². The van der Waals surface area contributed by atoms with Crippen molar-refractivity contribution in [3.05, 3.63) is 53.4 Å². The number of hydrogen-bond acceptors (Lipinski definition) is 4. The monoisotopic (exact) mass is 434 g/mol. The lowest BCUT2D eigenvalue weighted by Gasteiger charge is -2.29. The second kappa shape index (κ2) is 7.72. The summed E-state index contributed by atoms with van der Waals surface area (Å²) in [5, 5.41) is 5.04. The molecule has 0 aliphatic carbocycles. The zero-order valence-corrected chi connectivity index (χ0v) is 17.7. The van der Waals surface area contributed by atoms with E-state index < -0.39 is 26.6 Å². The molecule has 30 heavy (non-hydrogen) atoms. The molecule has 6 nitrogen and oxygen atoms in total. The molecule has 1 atom stereocenters. The van der Waals surface area contributed by atoms with Crippen LogP contribution in [0.15, 0.2) is 35.4 Å². The number of halogens is 2. The van der Waals surface area contributed by atoms with E-state index in [1.807, 2.05) is 29.7 Å². The zero-order valence-electron chi connectivity index (χ0n) is 16.9. The molecular formula is C21H24F2N4O2S. The highest BCUT2D eigenvalue weighted by Crippen LogP contribution is 2.33. The molecule has 1 aliphatic rings. The van der Waals surface area contributed by atoms with Crippen molar-refractivity contribution >= 4 is 15.7 Å². The van der Waals surface area contributed by atoms with Gasteiger partial charge in [0.25, 0.3) is 0 Å². The highest BCUT2D eigenvalue weighted by atomic mass is 32.2. The minimum Gasteiger partial charge on any atom is -0.306 e. The summed E-state index contributed by atoms with van der Waals surface area (Å²) in [7, 11) is -2.16. The Morgan fingerprint density at radius 3 is 2.57 bits per heavy atom. The van der Waals surface area contributed by atoms with E-state index in [1.165, 1.54) is 0 Å². The number of imidazole rings is 1. The molecule has 3 heterocycles. The van der Waals surface area contributed by atoms with Crippen LogP contribution in [-0.4, -0.2) is 42.8 Å². The number of nitrogens with zero attached hydrogens (tertiary/aromatic N) is 3. The van der Waals surface area contributed by atoms with Gasteiger partial charge in [-0.25, -0.2) is 27.3 Å². The summed E-state index contributed by atoms with van der Waals surface area (Å²) < 4.78 is 54.8. The SMILES string of the molecule is Cc1ccn2c(CC3CCCN(C)C3)c(-c3c(F)cc(S(N)(=O)=O)cc3F)nc2c1. The molecule has 3 aromatic rings. The quantitative estimate of drug-likeness (QED) is 0.684. The van der Waals surface area contributed by atoms with Gasteiger partial charge in [0.05, 0.1) is 21.8 Å². The van der Waals surface area contributed by atoms with Gasteiger partial charge in [0.1, 0.15) is 17.3 Å². The maximum atomic E-state index is 14.9. The summed E-state index contributed by atoms with van der Waals surface area (Å²) >= 11 is 0. The molecule has 1 saturated heterocycles. The van der Waals surface area contributed by atoms with Gasteiger partial charge in [-0.2, -0.15) is 0 Å². The molecule has 9 heteroatoms. The van der Waals surface area contributed by atoms with Crippen molar-refractivity contribution in [2.75, 3.05) is 20.1 Å². The maximum absolute atomic E-state index is 14.9. The Hall–Kier alpha value is -2.36. The molecule has 0 radical (unpaired) electrons. The Morgan fingerprint density at radius 2 is 1.93 bits per heavy atom. The number of pyridine rings is 1. The van der Waals surface area contributed by atoms with E-state index in [1.54, 1.807) is 0 Å². The Labute approximate surface area is 174 Å². The minimum atomic E-state index is -4.23. The molecule has 0 spiro atoms. The molecular weight excluding hydrogens is 410 g/mol. The van der Waals surface area contributed by atoms with Crippen molar-refractivity contribution < 1.29 is 17.2 Å². The summed E-state index contributed by atoms with van der Waals surface area (Å²) in [5.74, 6) is -1.67. The topological polar surface area (TPSA) is 80.7 Å². The summed E-state index contributed by atoms with van der Waals surface area (Å²) in [5.41, 5.74) is 2.16. The Balaban J connectivity index is 1.88. The number of hydrogen-bond donors (Lipinski definition) is 1. The fraction of sp³-hybridized carbons (Fsp3) is 0.381. The summed E-state index contributed by atoms with van der Waals surface area (Å²) in [4.78, 5) is 6.18. The van der Waals surface area contributed by atoms with Crippen LogP contribution in [-0.2, 0) is 16.4 Å². The predicted molar refractivity (Wildman–Crippen MR) is 111 cm³/mol. The van der Waals surface area contributed by atoms with Gasteiger partial charge >= 0.3 is 0 Å². The van der Waals surface area contributed by atoms with Gasteiger partial charge in [0.15, 0.2) is 0 Å². The van der Waals surface area contributed by atoms with Gasteiger partial charge in [-0.15, -0.1) is 0 Å². The van der Waals surface area contributed by atoms with E-state index in [4.69, 9.17) is 5.14 Å². The van der Waals surface area contributed by atoms with Crippen LogP contribution < -0.4 is 5.14 Å². The molecule has 1 unspecified atom stereocenters. The number of piperidine rings is 1. The molecule has 4 rings (SSSR count). The van der Waals surface area contributed by atoms with Gasteiger partial charge in [0.2, 0.25) is 10.0 Å². The second-order valence-corrected chi connectivity index (χ2v) is 9.68. The van der Waals surface area contributed by atoms with Gasteiger partial charge in [-0.3, -0.25) is 0 Å². The number of benzene rings is 1. The summed E-state index contributed by atoms with van der Waals surface area (Å²) in [6, 6.07) is 5.28. The third-order valence-corrected chi connectivity index (χ3v) is 6.56. The second-order valence-electron chi connectivity index (χ2n) is 8.12. The van der Waals surface area contributed by atoms with Gasteiger partial charge in [-0.1, -0.05) is 0 Å². The normalized spacial score (nSPS) is 18.2. The number of fused-ring (bicyclic) bond motifs is 1. The Bertz CT molecular complexity index is 1200. The summed E-state index contributed by atoms with van der Waals surface area (Å²) in [6.45, 7) is 3.86. The maximum Gasteiger partial charge on any atom is 0.238 e. The average molecular weight is 435 g/mol. The van der Waals surface area contributed by atoms with Crippen LogP contribution in [0.2, 0.25) is 0 Å². The molecule has 2 N–H and O–H groups in total. The predicted octanol–water partition coefficient (Wildman–Crippen LogP) is 3.12. The lowest BCUT2D eigenvalue weighted by Crippen LogP contribution is -2.33. The van der Waals surface area contributed by atoms with Crippen molar-refractivity contribution in [2.24, 2.45) is 11.1 Å². The number of aromatic nitrogens is 2. The largest absolute Gasteiger partial charge is 0.306 e. The molecule has 1 aromatic carbocycles. The molecule has 0 bridgehead atoms. The van der Waals surface area contributed by atoms with E-state index >= 15 is 0 Å². The fourth-order valence-corrected chi connectivity index (χ4v) is 4.78. The van der Waals surface area contributed by atoms with E-state index in [9.17, 15) is 17.2 Å². The van der Waals surface area contributed by atoms with Crippen molar-refractivity contribution in [3.8, 4) is 11.3 Å². The highest BCUT2D eigenvalue weighted by Gasteiger charge is 2.26. The highest BCUT2D eigenvalue weighted by molar-refractivity contribution is 7.89. The van der Waals surface area contributed by atoms with Crippen LogP contribution >= 0.6 is 0 Å². The summed E-state index contributed by atoms with van der Waals surface area (Å²) in [6.07, 6.45) is 4.56. The lowest BCUT2D eigenvalue weighted by atomic mass is 9.92. The van der Waals surface area contributed by atoms with Crippen molar-refractivity contribution in [2.45, 2.75) is 31.1 Å². The number of likely N-dealkylation sites (tertiary alicyclic amines) is 1. The first-order valence-corrected chi connectivity index (χ1v) is 11.4. The molecule has 0 saturated carbocycles. The van der Waals surface area contributed by atoms with Crippen molar-refractivity contribution in [1.82, 2.24) is 14.3 Å².